The van der Waals surface area contributed by atoms with Gasteiger partial charge in [0.15, 0.2) is 0 Å². The highest BCUT2D eigenvalue weighted by Crippen LogP contribution is 2.14. The Morgan fingerprint density at radius 1 is 1.47 bits per heavy atom. The highest BCUT2D eigenvalue weighted by atomic mass is 35.5. The van der Waals surface area contributed by atoms with Crippen LogP contribution in [0.25, 0.3) is 0 Å². The van der Waals surface area contributed by atoms with Crippen molar-refractivity contribution in [3.8, 4) is 0 Å². The zero-order valence-corrected chi connectivity index (χ0v) is 11.0. The van der Waals surface area contributed by atoms with Crippen LogP contribution < -0.4 is 10.9 Å². The van der Waals surface area contributed by atoms with Gasteiger partial charge in [0.05, 0.1) is 17.3 Å². The Balaban J connectivity index is 1.97. The van der Waals surface area contributed by atoms with E-state index in [1.165, 1.54) is 4.68 Å². The molecule has 0 bridgehead atoms. The van der Waals surface area contributed by atoms with E-state index in [9.17, 15) is 4.79 Å². The Morgan fingerprint density at radius 2 is 2.37 bits per heavy atom. The van der Waals surface area contributed by atoms with E-state index in [1.54, 1.807) is 24.5 Å². The maximum atomic E-state index is 12.0. The van der Waals surface area contributed by atoms with Crippen LogP contribution in [0, 0.1) is 0 Å². The highest BCUT2D eigenvalue weighted by Gasteiger charge is 2.13. The first kappa shape index (κ1) is 12.3. The highest BCUT2D eigenvalue weighted by molar-refractivity contribution is 6.31. The van der Waals surface area contributed by atoms with E-state index in [0.29, 0.717) is 18.1 Å². The topological polar surface area (TPSA) is 59.8 Å². The summed E-state index contributed by atoms with van der Waals surface area (Å²) in [4.78, 5) is 16.0. The number of rotatable bonds is 2. The van der Waals surface area contributed by atoms with Gasteiger partial charge in [-0.05, 0) is 17.2 Å². The molecule has 0 fully saturated rings. The Bertz CT molecular complexity index is 668. The van der Waals surface area contributed by atoms with E-state index in [0.717, 1.165) is 29.8 Å². The lowest BCUT2D eigenvalue weighted by Gasteiger charge is -2.17. The number of hydrogen-bond donors (Lipinski definition) is 1. The van der Waals surface area contributed by atoms with E-state index in [2.05, 4.69) is 15.4 Å². The Kier molecular flexibility index (Phi) is 3.31. The molecule has 2 aromatic heterocycles. The lowest BCUT2D eigenvalue weighted by atomic mass is 10.1. The number of halogens is 1. The van der Waals surface area contributed by atoms with E-state index < -0.39 is 0 Å². The summed E-state index contributed by atoms with van der Waals surface area (Å²) in [6, 6.07) is 3.46. The van der Waals surface area contributed by atoms with Crippen molar-refractivity contribution in [2.24, 2.45) is 0 Å². The van der Waals surface area contributed by atoms with Gasteiger partial charge >= 0.3 is 0 Å². The van der Waals surface area contributed by atoms with Crippen molar-refractivity contribution >= 4 is 11.6 Å². The molecule has 98 valence electrons. The van der Waals surface area contributed by atoms with E-state index in [-0.39, 0.29) is 5.56 Å². The van der Waals surface area contributed by atoms with E-state index in [1.807, 2.05) is 0 Å². The third-order valence-corrected chi connectivity index (χ3v) is 3.54. The maximum absolute atomic E-state index is 12.0. The minimum absolute atomic E-state index is 0.102. The number of aromatic nitrogens is 3. The van der Waals surface area contributed by atoms with Crippen LogP contribution in [0.5, 0.6) is 0 Å². The van der Waals surface area contributed by atoms with Gasteiger partial charge in [-0.3, -0.25) is 9.78 Å². The third kappa shape index (κ3) is 2.52. The summed E-state index contributed by atoms with van der Waals surface area (Å²) < 4.78 is 1.46. The third-order valence-electron chi connectivity index (χ3n) is 3.19. The standard InChI is InChI=1S/C13H13ClN4O/c14-11-7-16-3-1-9(11)8-18-13(19)5-10-6-15-4-2-12(10)17-18/h1,3,5,7,15H,2,4,6,8H2. The fourth-order valence-electron chi connectivity index (χ4n) is 2.17. The summed E-state index contributed by atoms with van der Waals surface area (Å²) in [5, 5.41) is 8.21. The molecule has 5 nitrogen and oxygen atoms in total. The number of nitrogens with one attached hydrogen (secondary N) is 1. The number of fused-ring (bicyclic) bond motifs is 1. The van der Waals surface area contributed by atoms with Gasteiger partial charge in [-0.1, -0.05) is 11.6 Å². The second-order valence-electron chi connectivity index (χ2n) is 4.51. The van der Waals surface area contributed by atoms with Gasteiger partial charge < -0.3 is 5.32 Å². The normalized spacial score (nSPS) is 14.2. The van der Waals surface area contributed by atoms with Crippen molar-refractivity contribution in [3.05, 3.63) is 56.7 Å². The van der Waals surface area contributed by atoms with Gasteiger partial charge in [-0.25, -0.2) is 4.68 Å². The number of nitrogens with zero attached hydrogens (tertiary/aromatic N) is 3. The van der Waals surface area contributed by atoms with Crippen molar-refractivity contribution in [2.45, 2.75) is 19.5 Å². The van der Waals surface area contributed by atoms with Crippen molar-refractivity contribution in [1.82, 2.24) is 20.1 Å². The smallest absolute Gasteiger partial charge is 0.267 e. The molecule has 1 N–H and O–H groups in total. The Labute approximate surface area is 115 Å². The predicted molar refractivity (Wildman–Crippen MR) is 72.3 cm³/mol. The minimum Gasteiger partial charge on any atom is -0.312 e. The molecule has 0 unspecified atom stereocenters. The molecule has 0 saturated carbocycles. The lowest BCUT2D eigenvalue weighted by molar-refractivity contribution is 0.562. The molecule has 19 heavy (non-hydrogen) atoms. The summed E-state index contributed by atoms with van der Waals surface area (Å²) in [6.07, 6.45) is 4.08. The molecule has 6 heteroatoms. The maximum Gasteiger partial charge on any atom is 0.267 e. The van der Waals surface area contributed by atoms with Gasteiger partial charge in [0.25, 0.3) is 5.56 Å². The molecule has 0 aliphatic carbocycles. The van der Waals surface area contributed by atoms with Crippen LogP contribution in [-0.2, 0) is 19.5 Å². The second kappa shape index (κ2) is 5.11. The summed E-state index contributed by atoms with van der Waals surface area (Å²) in [5.41, 5.74) is 2.73. The fraction of sp³-hybridized carbons (Fsp3) is 0.308. The summed E-state index contributed by atoms with van der Waals surface area (Å²) in [6.45, 7) is 1.99. The molecule has 0 spiro atoms. The Morgan fingerprint density at radius 3 is 3.21 bits per heavy atom. The molecule has 0 amide bonds. The lowest BCUT2D eigenvalue weighted by Crippen LogP contribution is -2.31. The first-order chi connectivity index (χ1) is 9.24. The average molecular weight is 277 g/mol. The number of hydrogen-bond acceptors (Lipinski definition) is 4. The zero-order valence-electron chi connectivity index (χ0n) is 10.3. The number of pyridine rings is 1. The molecule has 3 rings (SSSR count). The van der Waals surface area contributed by atoms with Crippen LogP contribution in [0.15, 0.2) is 29.3 Å². The zero-order chi connectivity index (χ0) is 13.2. The van der Waals surface area contributed by atoms with Crippen LogP contribution in [0.3, 0.4) is 0 Å². The minimum atomic E-state index is -0.102. The van der Waals surface area contributed by atoms with Crippen LogP contribution in [0.2, 0.25) is 5.02 Å². The van der Waals surface area contributed by atoms with Crippen molar-refractivity contribution < 1.29 is 0 Å². The van der Waals surface area contributed by atoms with Crippen LogP contribution in [-0.4, -0.2) is 21.3 Å². The van der Waals surface area contributed by atoms with Crippen LogP contribution >= 0.6 is 11.6 Å². The van der Waals surface area contributed by atoms with Crippen molar-refractivity contribution in [3.63, 3.8) is 0 Å². The van der Waals surface area contributed by atoms with E-state index >= 15 is 0 Å². The first-order valence-corrected chi connectivity index (χ1v) is 6.51. The molecule has 0 radical (unpaired) electrons. The molecule has 3 heterocycles. The first-order valence-electron chi connectivity index (χ1n) is 6.13. The molecule has 0 atom stereocenters. The van der Waals surface area contributed by atoms with Gasteiger partial charge in [0.1, 0.15) is 0 Å². The quantitative estimate of drug-likeness (QED) is 0.889. The van der Waals surface area contributed by atoms with Gasteiger partial charge in [0, 0.05) is 38.0 Å². The average Bonchev–Trinajstić information content (AvgIpc) is 2.42. The summed E-state index contributed by atoms with van der Waals surface area (Å²) in [7, 11) is 0. The summed E-state index contributed by atoms with van der Waals surface area (Å²) >= 11 is 6.05. The molecule has 0 saturated heterocycles. The molecule has 2 aromatic rings. The molecule has 1 aliphatic heterocycles. The van der Waals surface area contributed by atoms with Crippen molar-refractivity contribution in [2.75, 3.05) is 6.54 Å². The van der Waals surface area contributed by atoms with Crippen LogP contribution in [0.4, 0.5) is 0 Å². The molecule has 1 aliphatic rings. The van der Waals surface area contributed by atoms with Gasteiger partial charge in [0.2, 0.25) is 0 Å². The monoisotopic (exact) mass is 276 g/mol. The molecule has 0 aromatic carbocycles. The largest absolute Gasteiger partial charge is 0.312 e. The van der Waals surface area contributed by atoms with E-state index in [4.69, 9.17) is 11.6 Å². The second-order valence-corrected chi connectivity index (χ2v) is 4.91. The predicted octanol–water partition coefficient (Wildman–Crippen LogP) is 0.986. The summed E-state index contributed by atoms with van der Waals surface area (Å²) in [5.74, 6) is 0. The SMILES string of the molecule is O=c1cc2c(nn1Cc1ccncc1Cl)CCNC2. The molecular weight excluding hydrogens is 264 g/mol. The van der Waals surface area contributed by atoms with Gasteiger partial charge in [-0.2, -0.15) is 5.10 Å². The Hall–Kier alpha value is -1.72. The van der Waals surface area contributed by atoms with Gasteiger partial charge in [-0.15, -0.1) is 0 Å². The fourth-order valence-corrected chi connectivity index (χ4v) is 2.35. The van der Waals surface area contributed by atoms with Crippen molar-refractivity contribution in [1.29, 1.82) is 0 Å². The molecular formula is C13H13ClN4O. The van der Waals surface area contributed by atoms with Crippen LogP contribution in [0.1, 0.15) is 16.8 Å².